The molecule has 3 rings (SSSR count). The molecule has 1 aromatic heterocycles. The maximum atomic E-state index is 13.6. The monoisotopic (exact) mass is 614 g/mol. The molecule has 0 unspecified atom stereocenters. The van der Waals surface area contributed by atoms with Gasteiger partial charge >= 0.3 is 18.2 Å². The van der Waals surface area contributed by atoms with E-state index in [-0.39, 0.29) is 36.6 Å². The molecule has 0 aliphatic carbocycles. The average Bonchev–Trinajstić information content (AvgIpc) is 3.27. The fourth-order valence-electron chi connectivity index (χ4n) is 3.85. The zero-order valence-corrected chi connectivity index (χ0v) is 24.8. The van der Waals surface area contributed by atoms with Crippen LogP contribution in [0.4, 0.5) is 23.7 Å². The number of aromatic nitrogens is 2. The van der Waals surface area contributed by atoms with E-state index in [1.165, 1.54) is 23.1 Å². The molecule has 1 amide bonds. The second kappa shape index (κ2) is 12.3. The van der Waals surface area contributed by atoms with E-state index >= 15 is 0 Å². The van der Waals surface area contributed by atoms with E-state index in [9.17, 15) is 27.9 Å². The summed E-state index contributed by atoms with van der Waals surface area (Å²) in [5, 5.41) is 16.3. The molecule has 4 N–H and O–H groups in total. The van der Waals surface area contributed by atoms with E-state index in [0.29, 0.717) is 10.6 Å². The summed E-state index contributed by atoms with van der Waals surface area (Å²) in [5.74, 6) is -0.971. The zero-order chi connectivity index (χ0) is 31.6. The highest BCUT2D eigenvalue weighted by Gasteiger charge is 2.38. The van der Waals surface area contributed by atoms with Crippen LogP contribution < -0.4 is 10.5 Å². The Kier molecular flexibility index (Phi) is 9.57. The van der Waals surface area contributed by atoms with Crippen molar-refractivity contribution in [2.75, 3.05) is 25.4 Å². The van der Waals surface area contributed by atoms with Crippen molar-refractivity contribution < 1.29 is 42.1 Å². The van der Waals surface area contributed by atoms with Gasteiger partial charge in [0.25, 0.3) is 0 Å². The smallest absolute Gasteiger partial charge is 0.435 e. The van der Waals surface area contributed by atoms with Crippen molar-refractivity contribution in [3.05, 3.63) is 52.2 Å². The van der Waals surface area contributed by atoms with Crippen molar-refractivity contribution in [1.82, 2.24) is 15.1 Å². The second-order valence-corrected chi connectivity index (χ2v) is 11.9. The minimum Gasteiger partial charge on any atom is -0.492 e. The number of nitrogens with one attached hydrogen (secondary N) is 1. The van der Waals surface area contributed by atoms with Gasteiger partial charge in [0, 0.05) is 11.5 Å². The fraction of sp³-hybridized carbons (Fsp3) is 0.464. The Balaban J connectivity index is 1.87. The van der Waals surface area contributed by atoms with E-state index in [1.807, 2.05) is 0 Å². The molecule has 42 heavy (non-hydrogen) atoms. The van der Waals surface area contributed by atoms with Gasteiger partial charge in [0.1, 0.15) is 23.6 Å². The standard InChI is InChI=1S/C28H34ClF3N4O6/c1-26(2,3)41-24(38)17-12-16(13-20-22(17)23(35-34-20)28(30,31)32)40-10-9-36(25(39)42-27(4,5)6)14-21(37)15-7-8-18(29)19(33)11-15/h7-8,11-13,21,37H,9-10,14,33H2,1-6H3,(H,34,35)/t21-/m0/s1. The first-order valence-corrected chi connectivity index (χ1v) is 13.3. The molecule has 0 fully saturated rings. The van der Waals surface area contributed by atoms with Gasteiger partial charge in [-0.3, -0.25) is 5.10 Å². The van der Waals surface area contributed by atoms with Crippen LogP contribution in [0.2, 0.25) is 5.02 Å². The lowest BCUT2D eigenvalue weighted by Gasteiger charge is -2.29. The van der Waals surface area contributed by atoms with Crippen molar-refractivity contribution >= 4 is 40.3 Å². The molecule has 14 heteroatoms. The summed E-state index contributed by atoms with van der Waals surface area (Å²) in [7, 11) is 0. The number of alkyl halides is 3. The Morgan fingerprint density at radius 1 is 1.07 bits per heavy atom. The number of rotatable bonds is 8. The molecule has 0 spiro atoms. The number of nitrogens with two attached hydrogens (primary N) is 1. The van der Waals surface area contributed by atoms with Crippen molar-refractivity contribution in [3.63, 3.8) is 0 Å². The Bertz CT molecular complexity index is 1450. The van der Waals surface area contributed by atoms with Crippen molar-refractivity contribution in [2.24, 2.45) is 0 Å². The van der Waals surface area contributed by atoms with Crippen LogP contribution >= 0.6 is 11.6 Å². The highest BCUT2D eigenvalue weighted by molar-refractivity contribution is 6.33. The number of fused-ring (bicyclic) bond motifs is 1. The molecular weight excluding hydrogens is 581 g/mol. The van der Waals surface area contributed by atoms with E-state index in [0.717, 1.165) is 6.07 Å². The summed E-state index contributed by atoms with van der Waals surface area (Å²) < 4.78 is 57.5. The summed E-state index contributed by atoms with van der Waals surface area (Å²) in [4.78, 5) is 27.1. The molecule has 3 aromatic rings. The zero-order valence-electron chi connectivity index (χ0n) is 24.1. The van der Waals surface area contributed by atoms with Gasteiger partial charge in [0.05, 0.1) is 41.0 Å². The van der Waals surface area contributed by atoms with Gasteiger partial charge in [0.2, 0.25) is 0 Å². The number of hydrogen-bond acceptors (Lipinski definition) is 8. The van der Waals surface area contributed by atoms with Crippen molar-refractivity contribution in [1.29, 1.82) is 0 Å². The number of anilines is 1. The first-order valence-electron chi connectivity index (χ1n) is 12.9. The Morgan fingerprint density at radius 2 is 1.71 bits per heavy atom. The molecule has 0 radical (unpaired) electrons. The van der Waals surface area contributed by atoms with E-state index < -0.39 is 52.2 Å². The van der Waals surface area contributed by atoms with Crippen molar-refractivity contribution in [3.8, 4) is 5.75 Å². The SMILES string of the molecule is CC(C)(C)OC(=O)c1cc(OCCN(C[C@H](O)c2ccc(Cl)c(N)c2)C(=O)OC(C)(C)C)cc2[nH]nc(C(F)(F)F)c12. The lowest BCUT2D eigenvalue weighted by atomic mass is 10.1. The number of amides is 1. The van der Waals surface area contributed by atoms with Crippen LogP contribution in [0.25, 0.3) is 10.9 Å². The largest absolute Gasteiger partial charge is 0.492 e. The maximum absolute atomic E-state index is 13.6. The molecule has 10 nitrogen and oxygen atoms in total. The first kappa shape index (κ1) is 32.8. The average molecular weight is 615 g/mol. The molecule has 0 saturated carbocycles. The number of aliphatic hydroxyl groups is 1. The fourth-order valence-corrected chi connectivity index (χ4v) is 3.97. The third kappa shape index (κ3) is 8.65. The van der Waals surface area contributed by atoms with E-state index in [4.69, 9.17) is 31.5 Å². The molecule has 0 bridgehead atoms. The number of benzene rings is 2. The highest BCUT2D eigenvalue weighted by atomic mass is 35.5. The van der Waals surface area contributed by atoms with Crippen LogP contribution in [-0.4, -0.2) is 63.2 Å². The predicted octanol–water partition coefficient (Wildman–Crippen LogP) is 6.12. The second-order valence-electron chi connectivity index (χ2n) is 11.5. The van der Waals surface area contributed by atoms with Crippen LogP contribution in [0.5, 0.6) is 5.75 Å². The number of nitrogens with zero attached hydrogens (tertiary/aromatic N) is 2. The summed E-state index contributed by atoms with van der Waals surface area (Å²) in [6, 6.07) is 6.97. The molecule has 0 saturated heterocycles. The number of H-pyrrole nitrogens is 1. The molecule has 1 heterocycles. The first-order chi connectivity index (χ1) is 19.2. The lowest BCUT2D eigenvalue weighted by molar-refractivity contribution is -0.139. The summed E-state index contributed by atoms with van der Waals surface area (Å²) >= 11 is 5.96. The molecule has 1 atom stereocenters. The third-order valence-electron chi connectivity index (χ3n) is 5.60. The molecule has 2 aromatic carbocycles. The summed E-state index contributed by atoms with van der Waals surface area (Å²) in [5.41, 5.74) is 2.94. The molecule has 0 aliphatic heterocycles. The number of carbonyl (C=O) groups excluding carboxylic acids is 2. The van der Waals surface area contributed by atoms with Crippen LogP contribution in [0.3, 0.4) is 0 Å². The summed E-state index contributed by atoms with van der Waals surface area (Å²) in [6.45, 7) is 9.34. The van der Waals surface area contributed by atoms with Gasteiger partial charge in [-0.05, 0) is 65.3 Å². The lowest BCUT2D eigenvalue weighted by Crippen LogP contribution is -2.41. The third-order valence-corrected chi connectivity index (χ3v) is 5.95. The van der Waals surface area contributed by atoms with Gasteiger partial charge in [-0.1, -0.05) is 17.7 Å². The van der Waals surface area contributed by atoms with E-state index in [2.05, 4.69) is 10.2 Å². The molecule has 230 valence electrons. The number of aliphatic hydroxyl groups excluding tert-OH is 1. The van der Waals surface area contributed by atoms with Crippen molar-refractivity contribution in [2.45, 2.75) is 65.0 Å². The van der Waals surface area contributed by atoms with Crippen LogP contribution in [0.1, 0.15) is 69.3 Å². The molecule has 0 aliphatic rings. The van der Waals surface area contributed by atoms with Crippen LogP contribution in [0, 0.1) is 0 Å². The van der Waals surface area contributed by atoms with Gasteiger partial charge in [0.15, 0.2) is 5.69 Å². The quantitative estimate of drug-likeness (QED) is 0.204. The number of carbonyl (C=O) groups is 2. The Hall–Kier alpha value is -3.71. The van der Waals surface area contributed by atoms with Gasteiger partial charge in [-0.2, -0.15) is 18.3 Å². The van der Waals surface area contributed by atoms with E-state index in [1.54, 1.807) is 47.6 Å². The van der Waals surface area contributed by atoms with Gasteiger partial charge in [-0.15, -0.1) is 0 Å². The maximum Gasteiger partial charge on any atom is 0.435 e. The van der Waals surface area contributed by atoms with Gasteiger partial charge < -0.3 is 30.0 Å². The van der Waals surface area contributed by atoms with Gasteiger partial charge in [-0.25, -0.2) is 9.59 Å². The Morgan fingerprint density at radius 3 is 2.29 bits per heavy atom. The van der Waals surface area contributed by atoms with Crippen LogP contribution in [-0.2, 0) is 15.7 Å². The highest BCUT2D eigenvalue weighted by Crippen LogP contribution is 2.37. The predicted molar refractivity (Wildman–Crippen MR) is 150 cm³/mol. The number of nitrogen functional groups attached to an aromatic ring is 1. The number of hydrogen-bond donors (Lipinski definition) is 3. The van der Waals surface area contributed by atoms with Crippen LogP contribution in [0.15, 0.2) is 30.3 Å². The number of esters is 1. The minimum absolute atomic E-state index is 0.0240. The molecular formula is C28H34ClF3N4O6. The summed E-state index contributed by atoms with van der Waals surface area (Å²) in [6.07, 6.45) is -6.72. The minimum atomic E-state index is -4.83. The normalized spacial score (nSPS) is 13.1. The topological polar surface area (TPSA) is 140 Å². The Labute approximate surface area is 245 Å². The number of aromatic amines is 1. The number of ether oxygens (including phenoxy) is 3. The number of halogens is 4.